The lowest BCUT2D eigenvalue weighted by Crippen LogP contribution is -2.47. The maximum absolute atomic E-state index is 6.81. The molecule has 3 aliphatic carbocycles. The van der Waals surface area contributed by atoms with E-state index in [0.717, 1.165) is 42.3 Å². The molecule has 0 amide bonds. The van der Waals surface area contributed by atoms with Crippen molar-refractivity contribution in [2.24, 2.45) is 28.2 Å². The second-order valence-electron chi connectivity index (χ2n) is 39.3. The van der Waals surface area contributed by atoms with Gasteiger partial charge in [-0.15, -0.1) is 0 Å². The molecule has 8 nitrogen and oxygen atoms in total. The van der Waals surface area contributed by atoms with E-state index in [0.29, 0.717) is 10.8 Å². The molecule has 19 rings (SSSR count). The van der Waals surface area contributed by atoms with Gasteiger partial charge in [0.1, 0.15) is 73.6 Å². The fourth-order valence-electron chi connectivity index (χ4n) is 21.6. The predicted molar refractivity (Wildman–Crippen MR) is 488 cm³/mol. The minimum atomic E-state index is -0.205. The monoisotopic (exact) mass is 1580 g/mol. The molecule has 8 heteroatoms. The highest BCUT2D eigenvalue weighted by atomic mass is 16.5. The quantitative estimate of drug-likeness (QED) is 0.142. The summed E-state index contributed by atoms with van der Waals surface area (Å²) in [5, 5.41) is 0. The minimum absolute atomic E-state index is 0.0311. The van der Waals surface area contributed by atoms with Crippen molar-refractivity contribution < 1.29 is 37.2 Å². The number of pyridine rings is 4. The highest BCUT2D eigenvalue weighted by molar-refractivity contribution is 5.78. The summed E-state index contributed by atoms with van der Waals surface area (Å²) in [6.45, 7) is 31.4. The van der Waals surface area contributed by atoms with Crippen LogP contribution in [0, 0.1) is 27.7 Å². The van der Waals surface area contributed by atoms with Gasteiger partial charge in [0.15, 0.2) is 24.8 Å². The molecular formula is C111H128N4O4+4. The normalized spacial score (nSPS) is 18.4. The fraction of sp³-hybridized carbons (Fsp3) is 0.387. The summed E-state index contributed by atoms with van der Waals surface area (Å²) in [5.41, 5.74) is 31.0. The lowest BCUT2D eigenvalue weighted by atomic mass is 9.63. The number of ether oxygens (including phenoxy) is 4. The number of hydrogen-bond acceptors (Lipinski definition) is 4. The number of fused-ring (bicyclic) bond motifs is 6. The molecule has 0 atom stereocenters. The molecule has 612 valence electrons. The Morgan fingerprint density at radius 3 is 1.08 bits per heavy atom. The van der Waals surface area contributed by atoms with Crippen LogP contribution >= 0.6 is 0 Å². The zero-order valence-electron chi connectivity index (χ0n) is 74.5. The average molecular weight is 1580 g/mol. The third-order valence-corrected chi connectivity index (χ3v) is 28.5. The van der Waals surface area contributed by atoms with Gasteiger partial charge in [-0.05, 0) is 290 Å². The lowest BCUT2D eigenvalue weighted by molar-refractivity contribution is -0.660. The Labute approximate surface area is 711 Å². The van der Waals surface area contributed by atoms with E-state index in [4.69, 9.17) is 18.9 Å². The molecule has 3 fully saturated rings. The topological polar surface area (TPSA) is 52.4 Å². The Bertz CT molecular complexity index is 5790. The molecule has 12 aromatic rings. The number of aromatic nitrogens is 4. The number of benzene rings is 8. The van der Waals surface area contributed by atoms with E-state index in [9.17, 15) is 0 Å². The van der Waals surface area contributed by atoms with Crippen molar-refractivity contribution in [1.29, 1.82) is 0 Å². The van der Waals surface area contributed by atoms with Gasteiger partial charge in [-0.3, -0.25) is 0 Å². The molecule has 0 N–H and O–H groups in total. The number of hydrogen-bond donors (Lipinski definition) is 0. The van der Waals surface area contributed by atoms with Crippen LogP contribution in [-0.2, 0) is 49.9 Å². The van der Waals surface area contributed by atoms with Crippen LogP contribution in [0.3, 0.4) is 0 Å². The smallest absolute Gasteiger partial charge is 0.213 e. The summed E-state index contributed by atoms with van der Waals surface area (Å²) < 4.78 is 34.9. The molecule has 0 bridgehead atoms. The van der Waals surface area contributed by atoms with Crippen LogP contribution < -0.4 is 37.2 Å². The zero-order valence-corrected chi connectivity index (χ0v) is 74.5. The van der Waals surface area contributed by atoms with Gasteiger partial charge in [0.2, 0.25) is 22.8 Å². The van der Waals surface area contributed by atoms with Gasteiger partial charge in [-0.25, -0.2) is 18.3 Å². The predicted octanol–water partition coefficient (Wildman–Crippen LogP) is 26.0. The molecule has 0 radical (unpaired) electrons. The van der Waals surface area contributed by atoms with Gasteiger partial charge in [0, 0.05) is 104 Å². The molecular weight excluding hydrogens is 1450 g/mol. The highest BCUT2D eigenvalue weighted by Crippen LogP contribution is 2.57. The first-order valence-corrected chi connectivity index (χ1v) is 44.4. The molecule has 0 saturated heterocycles. The summed E-state index contributed by atoms with van der Waals surface area (Å²) in [6, 6.07) is 80.0. The van der Waals surface area contributed by atoms with Crippen molar-refractivity contribution in [1.82, 2.24) is 0 Å². The molecule has 4 aliphatic heterocycles. The summed E-state index contributed by atoms with van der Waals surface area (Å²) in [7, 11) is 8.44. The molecule has 119 heavy (non-hydrogen) atoms. The molecule has 3 saturated carbocycles. The first-order chi connectivity index (χ1) is 56.8. The molecule has 7 aliphatic rings. The fourth-order valence-corrected chi connectivity index (χ4v) is 21.6. The van der Waals surface area contributed by atoms with E-state index >= 15 is 0 Å². The van der Waals surface area contributed by atoms with Crippen LogP contribution in [-0.4, -0.2) is 22.4 Å². The van der Waals surface area contributed by atoms with Gasteiger partial charge in [0.05, 0.1) is 0 Å². The van der Waals surface area contributed by atoms with E-state index < -0.39 is 0 Å². The Morgan fingerprint density at radius 1 is 0.261 bits per heavy atom. The first kappa shape index (κ1) is 82.3. The van der Waals surface area contributed by atoms with Crippen LogP contribution in [0.2, 0.25) is 0 Å². The number of nitrogens with zero attached hydrogens (tertiary/aromatic N) is 4. The molecule has 4 aromatic heterocycles. The van der Waals surface area contributed by atoms with Gasteiger partial charge >= 0.3 is 0 Å². The van der Waals surface area contributed by atoms with Crippen molar-refractivity contribution in [3.63, 3.8) is 0 Å². The van der Waals surface area contributed by atoms with Gasteiger partial charge in [-0.2, -0.15) is 0 Å². The zero-order chi connectivity index (χ0) is 83.6. The second kappa shape index (κ2) is 32.3. The summed E-state index contributed by atoms with van der Waals surface area (Å²) in [4.78, 5) is 0. The van der Waals surface area contributed by atoms with Crippen molar-refractivity contribution >= 4 is 0 Å². The second-order valence-corrected chi connectivity index (χ2v) is 39.3. The van der Waals surface area contributed by atoms with Crippen molar-refractivity contribution in [2.45, 2.75) is 250 Å². The van der Waals surface area contributed by atoms with Gasteiger partial charge in [-0.1, -0.05) is 163 Å². The van der Waals surface area contributed by atoms with Gasteiger partial charge < -0.3 is 18.9 Å². The Kier molecular flexibility index (Phi) is 22.3. The summed E-state index contributed by atoms with van der Waals surface area (Å²) in [6.07, 6.45) is 30.1. The maximum atomic E-state index is 6.81. The standard InChI is InChI=1S/2C29H34NO.C28H32NO.C25H28NO/c1-21-11-12-22(18-24(21)26-10-6-9-17-30(26)4)23-13-14-25-27(19-23)31-28(2,3)20-29(25)15-7-5-8-16-29;1-21-11-12-22(18-24(21)26-10-6-9-17-30(26)4)23-13-14-25-27(19-23)31-29(20-28(25,2)3)15-7-5-8-16-29;1-20-10-11-21(17-23(20)25-9-5-8-16-29(25)4)22-12-13-24-26(18-22)30-27(2,3)19-28(24)14-6-7-15-28;1-17-9-7-8-10-20(17)22-16-19(13-14-26(22)6)18-11-12-23-21(15-18)24(2,3)25(4,5)27-23/h2*6,9-14,17-19H,5,7-8,15-16,20H2,1-4H3;5,8-13,16-18H,6-7,14-15,19H2,1-4H3;7-16H,1-6H3/q4*+1. The largest absolute Gasteiger partial charge is 0.488 e. The molecule has 8 heterocycles. The van der Waals surface area contributed by atoms with E-state index in [1.807, 2.05) is 0 Å². The minimum Gasteiger partial charge on any atom is -0.488 e. The highest BCUT2D eigenvalue weighted by Gasteiger charge is 2.51. The van der Waals surface area contributed by atoms with Crippen LogP contribution in [0.4, 0.5) is 0 Å². The molecule has 3 spiro atoms. The Morgan fingerprint density at radius 2 is 0.622 bits per heavy atom. The van der Waals surface area contributed by atoms with E-state index in [1.54, 1.807) is 0 Å². The van der Waals surface area contributed by atoms with Crippen LogP contribution in [0.1, 0.15) is 223 Å². The summed E-state index contributed by atoms with van der Waals surface area (Å²) in [5.74, 6) is 4.30. The lowest BCUT2D eigenvalue weighted by Gasteiger charge is -2.48. The van der Waals surface area contributed by atoms with E-state index in [2.05, 4.69) is 387 Å². The summed E-state index contributed by atoms with van der Waals surface area (Å²) >= 11 is 0. The van der Waals surface area contributed by atoms with Crippen molar-refractivity contribution in [2.75, 3.05) is 0 Å². The van der Waals surface area contributed by atoms with Crippen LogP contribution in [0.15, 0.2) is 243 Å². The third-order valence-electron chi connectivity index (χ3n) is 28.5. The Balaban J connectivity index is 0.000000119. The maximum Gasteiger partial charge on any atom is 0.213 e. The van der Waals surface area contributed by atoms with Crippen LogP contribution in [0.25, 0.3) is 89.5 Å². The Hall–Kier alpha value is -10.4. The van der Waals surface area contributed by atoms with Gasteiger partial charge in [0.25, 0.3) is 0 Å². The first-order valence-electron chi connectivity index (χ1n) is 44.4. The van der Waals surface area contributed by atoms with Crippen molar-refractivity contribution in [3.8, 4) is 113 Å². The number of rotatable bonds is 8. The third kappa shape index (κ3) is 16.5. The average Bonchev–Trinajstić information content (AvgIpc) is 1.73. The van der Waals surface area contributed by atoms with E-state index in [-0.39, 0.29) is 33.2 Å². The van der Waals surface area contributed by atoms with Crippen molar-refractivity contribution in [3.05, 3.63) is 288 Å². The molecule has 0 unspecified atom stereocenters. The number of aryl methyl sites for hydroxylation is 8. The SMILES string of the molecule is Cc1ccc(-c2ccc3c(c2)OC(C)(C)CC32CCCC2)cc1-c1cccc[n+]1C.Cc1ccc(-c2ccc3c(c2)OC(C)(C)CC32CCCCC2)cc1-c1cccc[n+]1C.Cc1ccc(-c2ccc3c(c2)OC2(CCCCC2)CC3(C)C)cc1-c1cccc[n+]1C.Cc1ccccc1-c1cc(-c2ccc3c(c2)C(C)(C)C(C)(C)O3)cc[n+]1C. The van der Waals surface area contributed by atoms with Crippen LogP contribution in [0.5, 0.6) is 23.0 Å². The van der Waals surface area contributed by atoms with E-state index in [1.165, 1.54) is 224 Å². The molecule has 8 aromatic carbocycles.